The highest BCUT2D eigenvalue weighted by Gasteiger charge is 2.48. The van der Waals surface area contributed by atoms with Crippen LogP contribution in [0.3, 0.4) is 0 Å². The zero-order valence-electron chi connectivity index (χ0n) is 33.0. The Labute approximate surface area is 290 Å². The van der Waals surface area contributed by atoms with E-state index in [0.717, 1.165) is 35.5 Å². The van der Waals surface area contributed by atoms with Crippen molar-refractivity contribution in [3.8, 4) is 0 Å². The summed E-state index contributed by atoms with van der Waals surface area (Å²) in [5, 5.41) is 13.9. The fourth-order valence-electron chi connectivity index (χ4n) is 5.17. The summed E-state index contributed by atoms with van der Waals surface area (Å²) >= 11 is 1.62. The Morgan fingerprint density at radius 1 is 0.957 bits per heavy atom. The normalized spacial score (nSPS) is 17.9. The van der Waals surface area contributed by atoms with Gasteiger partial charge in [-0.3, -0.25) is 4.79 Å². The molecule has 0 fully saturated rings. The van der Waals surface area contributed by atoms with Gasteiger partial charge in [-0.25, -0.2) is 4.98 Å². The van der Waals surface area contributed by atoms with Gasteiger partial charge in [0.15, 0.2) is 16.6 Å². The first-order valence-corrected chi connectivity index (χ1v) is 24.2. The molecule has 0 saturated carbocycles. The van der Waals surface area contributed by atoms with Gasteiger partial charge in [0.2, 0.25) is 0 Å². The molecule has 1 aromatic heterocycles. The van der Waals surface area contributed by atoms with Crippen molar-refractivity contribution in [2.24, 2.45) is 17.3 Å². The molecule has 1 N–H and O–H groups in total. The van der Waals surface area contributed by atoms with Crippen LogP contribution in [0.1, 0.15) is 126 Å². The van der Waals surface area contributed by atoms with Gasteiger partial charge in [0, 0.05) is 16.7 Å². The minimum absolute atomic E-state index is 0.0487. The predicted molar refractivity (Wildman–Crippen MR) is 206 cm³/mol. The summed E-state index contributed by atoms with van der Waals surface area (Å²) in [6.07, 6.45) is 6.84. The van der Waals surface area contributed by atoms with E-state index in [0.29, 0.717) is 6.42 Å². The Bertz CT molecular complexity index is 1190. The number of aromatic nitrogens is 1. The van der Waals surface area contributed by atoms with Gasteiger partial charge in [0.1, 0.15) is 5.78 Å². The number of aliphatic hydroxyl groups excluding tert-OH is 1. The van der Waals surface area contributed by atoms with E-state index >= 15 is 0 Å². The summed E-state index contributed by atoms with van der Waals surface area (Å²) < 4.78 is 13.9. The minimum Gasteiger partial charge on any atom is -0.413 e. The van der Waals surface area contributed by atoms with E-state index in [9.17, 15) is 9.90 Å². The lowest BCUT2D eigenvalue weighted by Crippen LogP contribution is -2.53. The van der Waals surface area contributed by atoms with Crippen molar-refractivity contribution in [1.82, 2.24) is 4.98 Å². The Morgan fingerprint density at radius 2 is 1.48 bits per heavy atom. The Balaban J connectivity index is 3.06. The van der Waals surface area contributed by atoms with Gasteiger partial charge in [-0.2, -0.15) is 0 Å². The van der Waals surface area contributed by atoms with Crippen LogP contribution in [0.25, 0.3) is 6.08 Å². The van der Waals surface area contributed by atoms with Crippen LogP contribution in [0.5, 0.6) is 0 Å². The highest BCUT2D eigenvalue weighted by atomic mass is 32.1. The molecule has 0 bridgehead atoms. The molecule has 1 rings (SSSR count). The number of hydrogen-bond acceptors (Lipinski definition) is 6. The van der Waals surface area contributed by atoms with Gasteiger partial charge in [-0.1, -0.05) is 80.9 Å². The van der Waals surface area contributed by atoms with E-state index in [1.54, 1.807) is 11.3 Å². The van der Waals surface area contributed by atoms with Crippen LogP contribution in [0.15, 0.2) is 22.6 Å². The average molecular weight is 694 g/mol. The molecule has 1 aromatic rings. The molecule has 8 heteroatoms. The maximum atomic E-state index is 14.4. The molecule has 0 aliphatic carbocycles. The third kappa shape index (κ3) is 12.2. The second-order valence-corrected chi connectivity index (χ2v) is 28.2. The van der Waals surface area contributed by atoms with E-state index in [2.05, 4.69) is 120 Å². The van der Waals surface area contributed by atoms with E-state index in [-0.39, 0.29) is 39.9 Å². The Hall–Kier alpha value is -0.906. The van der Waals surface area contributed by atoms with E-state index in [4.69, 9.17) is 8.85 Å². The molecule has 0 aromatic carbocycles. The van der Waals surface area contributed by atoms with Gasteiger partial charge >= 0.3 is 0 Å². The maximum Gasteiger partial charge on any atom is 0.192 e. The lowest BCUT2D eigenvalue weighted by molar-refractivity contribution is -0.139. The summed E-state index contributed by atoms with van der Waals surface area (Å²) in [4.78, 5) is 18.8. The highest BCUT2D eigenvalue weighted by Crippen LogP contribution is 2.43. The van der Waals surface area contributed by atoms with Crippen LogP contribution in [-0.2, 0) is 13.6 Å². The molecule has 0 aliphatic rings. The zero-order valence-corrected chi connectivity index (χ0v) is 35.8. The topological polar surface area (TPSA) is 68.7 Å². The largest absolute Gasteiger partial charge is 0.413 e. The Morgan fingerprint density at radius 3 is 1.96 bits per heavy atom. The van der Waals surface area contributed by atoms with Gasteiger partial charge in [0.05, 0.1) is 29.0 Å². The molecule has 0 aliphatic heterocycles. The minimum atomic E-state index is -2.14. The Kier molecular flexibility index (Phi) is 15.6. The molecule has 46 heavy (non-hydrogen) atoms. The second-order valence-electron chi connectivity index (χ2n) is 17.6. The molecule has 5 nitrogen and oxygen atoms in total. The van der Waals surface area contributed by atoms with Crippen molar-refractivity contribution in [2.75, 3.05) is 0 Å². The predicted octanol–water partition coefficient (Wildman–Crippen LogP) is 11.4. The summed E-state index contributed by atoms with van der Waals surface area (Å²) in [6.45, 7) is 39.3. The first kappa shape index (κ1) is 43.1. The summed E-state index contributed by atoms with van der Waals surface area (Å²) in [6, 6.07) is 0. The lowest BCUT2D eigenvalue weighted by Gasteiger charge is -2.46. The fraction of sp³-hybridized carbons (Fsp3) is 0.789. The number of carbonyl (C=O) groups is 1. The number of Topliss-reactive ketones (excluding diaryl/α,β-unsaturated/α-hetero) is 1. The van der Waals surface area contributed by atoms with Crippen molar-refractivity contribution in [2.45, 2.75) is 177 Å². The molecule has 1 heterocycles. The number of aliphatic hydroxyl groups is 1. The molecule has 266 valence electrons. The summed E-state index contributed by atoms with van der Waals surface area (Å²) in [5.74, 6) is 0.217. The lowest BCUT2D eigenvalue weighted by atomic mass is 9.74. The van der Waals surface area contributed by atoms with Gasteiger partial charge in [-0.15, -0.1) is 11.3 Å². The summed E-state index contributed by atoms with van der Waals surface area (Å²) in [5.41, 5.74) is 2.50. The van der Waals surface area contributed by atoms with Crippen molar-refractivity contribution in [3.63, 3.8) is 0 Å². The third-order valence-corrected chi connectivity index (χ3v) is 20.9. The number of rotatable bonds is 17. The van der Waals surface area contributed by atoms with Crippen LogP contribution in [-0.4, -0.2) is 50.8 Å². The molecule has 0 radical (unpaired) electrons. The van der Waals surface area contributed by atoms with E-state index < -0.39 is 28.2 Å². The number of nitrogens with zero attached hydrogens (tertiary/aromatic N) is 1. The van der Waals surface area contributed by atoms with E-state index in [1.165, 1.54) is 5.57 Å². The molecule has 0 saturated heterocycles. The number of allylic oxidation sites excluding steroid dienone is 1. The number of ketones is 1. The smallest absolute Gasteiger partial charge is 0.192 e. The number of thiazole rings is 1. The average Bonchev–Trinajstić information content (AvgIpc) is 3.31. The highest BCUT2D eigenvalue weighted by molar-refractivity contribution is 7.09. The molecular weight excluding hydrogens is 623 g/mol. The molecule has 5 atom stereocenters. The molecular formula is C38H71NO4SSi2. The zero-order chi connectivity index (χ0) is 36.1. The number of aryl methyl sites for hydroxylation is 1. The van der Waals surface area contributed by atoms with Crippen molar-refractivity contribution in [3.05, 3.63) is 33.3 Å². The van der Waals surface area contributed by atoms with Gasteiger partial charge < -0.3 is 14.0 Å². The van der Waals surface area contributed by atoms with Crippen LogP contribution in [0.2, 0.25) is 36.3 Å². The first-order chi connectivity index (χ1) is 20.6. The number of carbonyl (C=O) groups excluding carboxylic acids is 1. The monoisotopic (exact) mass is 693 g/mol. The van der Waals surface area contributed by atoms with Crippen LogP contribution in [0.4, 0.5) is 0 Å². The van der Waals surface area contributed by atoms with Crippen molar-refractivity contribution in [1.29, 1.82) is 0 Å². The molecule has 5 unspecified atom stereocenters. The molecule has 0 spiro atoms. The standard InChI is InChI=1S/C38H71NO4SSi2/c1-26(22-23-33(40)28(3)24-32-25-44-31(6)39-32)20-19-21-27(2)34(43-46(17,18)37(10,11)12)29(4)35(41)38(13,14)30(5)42-45(15,16)36(7,8)9/h22,24-25,27,29-30,33-34,40H,19-21,23H2,1-18H3/b26-22-,28-24+. The van der Waals surface area contributed by atoms with E-state index in [1.807, 2.05) is 25.3 Å². The van der Waals surface area contributed by atoms with Gasteiger partial charge in [0.25, 0.3) is 0 Å². The third-order valence-electron chi connectivity index (χ3n) is 11.1. The second kappa shape index (κ2) is 16.7. The fourth-order valence-corrected chi connectivity index (χ4v) is 8.75. The first-order valence-electron chi connectivity index (χ1n) is 17.5. The SMILES string of the molecule is C/C(=C/CC(O)/C(C)=C/c1csc(C)n1)CCCC(C)C(O[Si](C)(C)C(C)(C)C)C(C)C(=O)C(C)(C)C(C)O[Si](C)(C)C(C)(C)C. The van der Waals surface area contributed by atoms with Gasteiger partial charge in [-0.05, 0) is 107 Å². The van der Waals surface area contributed by atoms with Crippen molar-refractivity contribution >= 4 is 39.8 Å². The van der Waals surface area contributed by atoms with Crippen LogP contribution >= 0.6 is 11.3 Å². The van der Waals surface area contributed by atoms with Crippen LogP contribution in [0, 0.1) is 24.2 Å². The molecule has 0 amide bonds. The van der Waals surface area contributed by atoms with Crippen molar-refractivity contribution < 1.29 is 18.8 Å². The number of hydrogen-bond donors (Lipinski definition) is 1. The maximum absolute atomic E-state index is 14.4. The summed E-state index contributed by atoms with van der Waals surface area (Å²) in [7, 11) is -4.18. The quantitative estimate of drug-likeness (QED) is 0.130. The van der Waals surface area contributed by atoms with Crippen LogP contribution < -0.4 is 0 Å².